The highest BCUT2D eigenvalue weighted by Gasteiger charge is 2.10. The number of hydrogen-bond acceptors (Lipinski definition) is 2. The molecule has 0 saturated carbocycles. The van der Waals surface area contributed by atoms with Crippen molar-refractivity contribution >= 4 is 21.8 Å². The lowest BCUT2D eigenvalue weighted by atomic mass is 9.97. The van der Waals surface area contributed by atoms with Crippen LogP contribution in [0.2, 0.25) is 0 Å². The molecule has 0 bridgehead atoms. The summed E-state index contributed by atoms with van der Waals surface area (Å²) in [5, 5.41) is 0. The summed E-state index contributed by atoms with van der Waals surface area (Å²) in [4.78, 5) is 10.8. The van der Waals surface area contributed by atoms with Crippen molar-refractivity contribution in [2.75, 3.05) is 7.11 Å². The molecular weight excluding hydrogens is 258 g/mol. The Kier molecular flexibility index (Phi) is 4.15. The lowest BCUT2D eigenvalue weighted by Crippen LogP contribution is -2.13. The number of primary amides is 1. The highest BCUT2D eigenvalue weighted by molar-refractivity contribution is 9.10. The zero-order valence-electron chi connectivity index (χ0n) is 8.79. The Balaban J connectivity index is 2.87. The SMILES string of the molecule is COc1ccc(C(C)CC(N)=O)cc1Br. The lowest BCUT2D eigenvalue weighted by molar-refractivity contribution is -0.118. The normalized spacial score (nSPS) is 12.2. The first kappa shape index (κ1) is 12.0. The average molecular weight is 272 g/mol. The number of nitrogens with two attached hydrogens (primary N) is 1. The number of ether oxygens (including phenoxy) is 1. The fourth-order valence-corrected chi connectivity index (χ4v) is 1.97. The van der Waals surface area contributed by atoms with Crippen LogP contribution in [-0.4, -0.2) is 13.0 Å². The van der Waals surface area contributed by atoms with E-state index in [1.54, 1.807) is 7.11 Å². The van der Waals surface area contributed by atoms with Gasteiger partial charge in [0.1, 0.15) is 5.75 Å². The molecular formula is C11H14BrNO2. The van der Waals surface area contributed by atoms with Crippen LogP contribution in [0, 0.1) is 0 Å². The molecule has 15 heavy (non-hydrogen) atoms. The topological polar surface area (TPSA) is 52.3 Å². The van der Waals surface area contributed by atoms with E-state index in [0.717, 1.165) is 15.8 Å². The number of carbonyl (C=O) groups excluding carboxylic acids is 1. The quantitative estimate of drug-likeness (QED) is 0.915. The molecule has 0 spiro atoms. The van der Waals surface area contributed by atoms with Gasteiger partial charge >= 0.3 is 0 Å². The molecule has 1 atom stereocenters. The van der Waals surface area contributed by atoms with Crippen LogP contribution in [0.1, 0.15) is 24.8 Å². The van der Waals surface area contributed by atoms with Crippen molar-refractivity contribution in [3.63, 3.8) is 0 Å². The highest BCUT2D eigenvalue weighted by atomic mass is 79.9. The average Bonchev–Trinajstić information content (AvgIpc) is 2.16. The van der Waals surface area contributed by atoms with Gasteiger partial charge in [-0.05, 0) is 39.5 Å². The van der Waals surface area contributed by atoms with Crippen molar-refractivity contribution in [3.05, 3.63) is 28.2 Å². The van der Waals surface area contributed by atoms with Crippen LogP contribution in [0.4, 0.5) is 0 Å². The molecule has 0 radical (unpaired) electrons. The smallest absolute Gasteiger partial charge is 0.218 e. The summed E-state index contributed by atoms with van der Waals surface area (Å²) < 4.78 is 6.01. The van der Waals surface area contributed by atoms with Gasteiger partial charge in [-0.25, -0.2) is 0 Å². The summed E-state index contributed by atoms with van der Waals surface area (Å²) >= 11 is 3.40. The highest BCUT2D eigenvalue weighted by Crippen LogP contribution is 2.29. The van der Waals surface area contributed by atoms with Gasteiger partial charge in [0.15, 0.2) is 0 Å². The minimum Gasteiger partial charge on any atom is -0.496 e. The Morgan fingerprint density at radius 3 is 2.73 bits per heavy atom. The molecule has 2 N–H and O–H groups in total. The molecule has 0 fully saturated rings. The number of rotatable bonds is 4. The number of halogens is 1. The molecule has 0 aromatic heterocycles. The summed E-state index contributed by atoms with van der Waals surface area (Å²) in [6, 6.07) is 5.76. The van der Waals surface area contributed by atoms with Gasteiger partial charge in [0.05, 0.1) is 11.6 Å². The van der Waals surface area contributed by atoms with E-state index in [1.807, 2.05) is 25.1 Å². The van der Waals surface area contributed by atoms with Crippen LogP contribution in [0.25, 0.3) is 0 Å². The van der Waals surface area contributed by atoms with E-state index >= 15 is 0 Å². The minimum absolute atomic E-state index is 0.129. The first-order chi connectivity index (χ1) is 7.04. The first-order valence-electron chi connectivity index (χ1n) is 4.66. The largest absolute Gasteiger partial charge is 0.496 e. The van der Waals surface area contributed by atoms with Crippen molar-refractivity contribution < 1.29 is 9.53 Å². The van der Waals surface area contributed by atoms with E-state index in [9.17, 15) is 4.79 Å². The Morgan fingerprint density at radius 1 is 1.60 bits per heavy atom. The van der Waals surface area contributed by atoms with E-state index in [0.29, 0.717) is 6.42 Å². The van der Waals surface area contributed by atoms with Gasteiger partial charge in [0.2, 0.25) is 5.91 Å². The van der Waals surface area contributed by atoms with E-state index in [-0.39, 0.29) is 11.8 Å². The van der Waals surface area contributed by atoms with Gasteiger partial charge in [0, 0.05) is 6.42 Å². The zero-order chi connectivity index (χ0) is 11.4. The number of amides is 1. The third-order valence-corrected chi connectivity index (χ3v) is 2.87. The fraction of sp³-hybridized carbons (Fsp3) is 0.364. The molecule has 1 aromatic rings. The second-order valence-electron chi connectivity index (χ2n) is 3.47. The van der Waals surface area contributed by atoms with Crippen molar-refractivity contribution in [1.29, 1.82) is 0 Å². The lowest BCUT2D eigenvalue weighted by Gasteiger charge is -2.11. The van der Waals surface area contributed by atoms with E-state index in [1.165, 1.54) is 0 Å². The molecule has 1 rings (SSSR count). The second-order valence-corrected chi connectivity index (χ2v) is 4.32. The Morgan fingerprint density at radius 2 is 2.27 bits per heavy atom. The van der Waals surface area contributed by atoms with Crippen LogP contribution >= 0.6 is 15.9 Å². The summed E-state index contributed by atoms with van der Waals surface area (Å²) in [5.74, 6) is 0.629. The van der Waals surface area contributed by atoms with Crippen LogP contribution in [-0.2, 0) is 4.79 Å². The summed E-state index contributed by atoms with van der Waals surface area (Å²) in [6.45, 7) is 1.97. The van der Waals surface area contributed by atoms with E-state index in [4.69, 9.17) is 10.5 Å². The third kappa shape index (κ3) is 3.23. The van der Waals surface area contributed by atoms with Gasteiger partial charge in [-0.15, -0.1) is 0 Å². The Bertz CT molecular complexity index is 366. The molecule has 1 aromatic carbocycles. The maximum absolute atomic E-state index is 10.8. The standard InChI is InChI=1S/C11H14BrNO2/c1-7(5-11(13)14)8-3-4-10(15-2)9(12)6-8/h3-4,6-7H,5H2,1-2H3,(H2,13,14). The predicted molar refractivity (Wildman–Crippen MR) is 62.9 cm³/mol. The third-order valence-electron chi connectivity index (χ3n) is 2.25. The van der Waals surface area contributed by atoms with Crippen molar-refractivity contribution in [2.45, 2.75) is 19.3 Å². The van der Waals surface area contributed by atoms with Crippen LogP contribution < -0.4 is 10.5 Å². The van der Waals surface area contributed by atoms with Gasteiger partial charge in [-0.2, -0.15) is 0 Å². The van der Waals surface area contributed by atoms with Crippen LogP contribution in [0.15, 0.2) is 22.7 Å². The monoisotopic (exact) mass is 271 g/mol. The van der Waals surface area contributed by atoms with E-state index < -0.39 is 0 Å². The number of hydrogen-bond donors (Lipinski definition) is 1. The van der Waals surface area contributed by atoms with Crippen LogP contribution in [0.3, 0.4) is 0 Å². The Hall–Kier alpha value is -1.03. The molecule has 0 aliphatic heterocycles. The zero-order valence-corrected chi connectivity index (χ0v) is 10.4. The molecule has 0 aliphatic rings. The minimum atomic E-state index is -0.283. The molecule has 1 amide bonds. The van der Waals surface area contributed by atoms with Gasteiger partial charge in [-0.1, -0.05) is 13.0 Å². The van der Waals surface area contributed by atoms with Crippen LogP contribution in [0.5, 0.6) is 5.75 Å². The fourth-order valence-electron chi connectivity index (χ4n) is 1.41. The van der Waals surface area contributed by atoms with Gasteiger partial charge < -0.3 is 10.5 Å². The number of methoxy groups -OCH3 is 1. The molecule has 3 nitrogen and oxygen atoms in total. The summed E-state index contributed by atoms with van der Waals surface area (Å²) in [5.41, 5.74) is 6.22. The number of carbonyl (C=O) groups is 1. The van der Waals surface area contributed by atoms with Gasteiger partial charge in [0.25, 0.3) is 0 Å². The molecule has 4 heteroatoms. The van der Waals surface area contributed by atoms with Crippen molar-refractivity contribution in [2.24, 2.45) is 5.73 Å². The maximum atomic E-state index is 10.8. The molecule has 82 valence electrons. The number of benzene rings is 1. The second kappa shape index (κ2) is 5.16. The molecule has 0 saturated heterocycles. The van der Waals surface area contributed by atoms with E-state index in [2.05, 4.69) is 15.9 Å². The Labute approximate surface area is 97.7 Å². The summed E-state index contributed by atoms with van der Waals surface area (Å²) in [7, 11) is 1.62. The molecule has 0 aliphatic carbocycles. The molecule has 0 heterocycles. The molecule has 1 unspecified atom stereocenters. The van der Waals surface area contributed by atoms with Crippen molar-refractivity contribution in [3.8, 4) is 5.75 Å². The van der Waals surface area contributed by atoms with Crippen molar-refractivity contribution in [1.82, 2.24) is 0 Å². The summed E-state index contributed by atoms with van der Waals surface area (Å²) in [6.07, 6.45) is 0.360. The maximum Gasteiger partial charge on any atom is 0.218 e. The predicted octanol–water partition coefficient (Wildman–Crippen LogP) is 2.44. The first-order valence-corrected chi connectivity index (χ1v) is 5.45. The van der Waals surface area contributed by atoms with Gasteiger partial charge in [-0.3, -0.25) is 4.79 Å².